The molecule has 2 heterocycles. The molecule has 0 radical (unpaired) electrons. The van der Waals surface area contributed by atoms with Gasteiger partial charge in [-0.15, -0.1) is 0 Å². The van der Waals surface area contributed by atoms with Gasteiger partial charge in [0.05, 0.1) is 31.8 Å². The molecule has 2 aromatic carbocycles. The van der Waals surface area contributed by atoms with Crippen LogP contribution in [0.15, 0.2) is 57.6 Å². The first-order valence-corrected chi connectivity index (χ1v) is 13.2. The predicted octanol–water partition coefficient (Wildman–Crippen LogP) is 4.56. The van der Waals surface area contributed by atoms with Crippen molar-refractivity contribution in [2.45, 2.75) is 36.1 Å². The van der Waals surface area contributed by atoms with E-state index in [-0.39, 0.29) is 17.0 Å². The molecular formula is C27H26N4O7S. The number of allylic oxidation sites excluding steroid dienone is 2. The van der Waals surface area contributed by atoms with Crippen molar-refractivity contribution in [3.63, 3.8) is 0 Å². The first kappa shape index (κ1) is 26.3. The second kappa shape index (κ2) is 10.8. The Morgan fingerprint density at radius 2 is 1.74 bits per heavy atom. The van der Waals surface area contributed by atoms with E-state index in [1.54, 1.807) is 24.3 Å². The number of nitro groups is 1. The molecule has 11 nitrogen and oxygen atoms in total. The fourth-order valence-electron chi connectivity index (χ4n) is 4.98. The van der Waals surface area contributed by atoms with Crippen molar-refractivity contribution in [1.82, 2.24) is 9.97 Å². The van der Waals surface area contributed by atoms with E-state index in [0.29, 0.717) is 69.9 Å². The topological polar surface area (TPSA) is 146 Å². The van der Waals surface area contributed by atoms with Gasteiger partial charge in [-0.05, 0) is 36.1 Å². The number of hydrogen-bond donors (Lipinski definition) is 2. The number of thioether (sulfide) groups is 1. The summed E-state index contributed by atoms with van der Waals surface area (Å²) in [6.45, 7) is 0. The SMILES string of the molecule is COc1cc([C@H]2C3=C(CCCC3=O)Nc3nc(SCc4ccc([N+](=O)[O-])cc4)[nH]c(=O)c32)cc(OC)c1OC. The maximum atomic E-state index is 13.6. The third-order valence-corrected chi connectivity index (χ3v) is 7.72. The van der Waals surface area contributed by atoms with Crippen LogP contribution in [0.1, 0.15) is 41.9 Å². The van der Waals surface area contributed by atoms with Crippen LogP contribution in [0, 0.1) is 10.1 Å². The number of carbonyl (C=O) groups is 1. The van der Waals surface area contributed by atoms with Crippen LogP contribution < -0.4 is 25.1 Å². The molecule has 0 fully saturated rings. The summed E-state index contributed by atoms with van der Waals surface area (Å²) in [7, 11) is 4.53. The highest BCUT2D eigenvalue weighted by molar-refractivity contribution is 7.98. The molecule has 0 saturated carbocycles. The Morgan fingerprint density at radius 3 is 2.36 bits per heavy atom. The number of benzene rings is 2. The van der Waals surface area contributed by atoms with Gasteiger partial charge in [0.25, 0.3) is 11.2 Å². The monoisotopic (exact) mass is 550 g/mol. The summed E-state index contributed by atoms with van der Waals surface area (Å²) in [6, 6.07) is 9.73. The fourth-order valence-corrected chi connectivity index (χ4v) is 5.79. The number of ether oxygens (including phenoxy) is 3. The minimum atomic E-state index is -0.678. The first-order valence-electron chi connectivity index (χ1n) is 12.2. The van der Waals surface area contributed by atoms with Crippen LogP contribution in [-0.4, -0.2) is 42.0 Å². The molecule has 12 heteroatoms. The van der Waals surface area contributed by atoms with Crippen LogP contribution in [0.4, 0.5) is 11.5 Å². The van der Waals surface area contributed by atoms with E-state index in [9.17, 15) is 19.7 Å². The number of ketones is 1. The molecule has 1 atom stereocenters. The molecule has 0 amide bonds. The number of nitrogens with zero attached hydrogens (tertiary/aromatic N) is 2. The lowest BCUT2D eigenvalue weighted by Crippen LogP contribution is -2.32. The minimum Gasteiger partial charge on any atom is -0.493 e. The zero-order valence-electron chi connectivity index (χ0n) is 21.5. The van der Waals surface area contributed by atoms with Gasteiger partial charge in [-0.1, -0.05) is 23.9 Å². The second-order valence-corrected chi connectivity index (χ2v) is 10.00. The summed E-state index contributed by atoms with van der Waals surface area (Å²) in [6.07, 6.45) is 1.75. The Morgan fingerprint density at radius 1 is 1.05 bits per heavy atom. The van der Waals surface area contributed by atoms with Crippen LogP contribution in [0.3, 0.4) is 0 Å². The van der Waals surface area contributed by atoms with E-state index >= 15 is 0 Å². The maximum Gasteiger partial charge on any atom is 0.269 e. The molecule has 5 rings (SSSR count). The highest BCUT2D eigenvalue weighted by atomic mass is 32.2. The summed E-state index contributed by atoms with van der Waals surface area (Å²) in [5, 5.41) is 14.6. The smallest absolute Gasteiger partial charge is 0.269 e. The molecule has 2 aliphatic rings. The van der Waals surface area contributed by atoms with E-state index in [4.69, 9.17) is 19.2 Å². The van der Waals surface area contributed by atoms with Crippen LogP contribution in [-0.2, 0) is 10.5 Å². The Kier molecular flexibility index (Phi) is 7.29. The highest BCUT2D eigenvalue weighted by Gasteiger charge is 2.38. The fraction of sp³-hybridized carbons (Fsp3) is 0.296. The van der Waals surface area contributed by atoms with E-state index < -0.39 is 10.8 Å². The van der Waals surface area contributed by atoms with Gasteiger partial charge in [0, 0.05) is 41.5 Å². The number of anilines is 1. The van der Waals surface area contributed by atoms with Crippen molar-refractivity contribution in [1.29, 1.82) is 0 Å². The second-order valence-electron chi connectivity index (χ2n) is 9.03. The zero-order valence-corrected chi connectivity index (χ0v) is 22.3. The Labute approximate surface area is 227 Å². The van der Waals surface area contributed by atoms with Crippen molar-refractivity contribution in [2.24, 2.45) is 0 Å². The van der Waals surface area contributed by atoms with Gasteiger partial charge in [0.15, 0.2) is 22.4 Å². The molecule has 202 valence electrons. The number of nitrogens with one attached hydrogen (secondary N) is 2. The number of aromatic amines is 1. The lowest BCUT2D eigenvalue weighted by molar-refractivity contribution is -0.384. The number of H-pyrrole nitrogens is 1. The number of aromatic nitrogens is 2. The quantitative estimate of drug-likeness (QED) is 0.177. The van der Waals surface area contributed by atoms with Crippen LogP contribution in [0.25, 0.3) is 0 Å². The average molecular weight is 551 g/mol. The molecular weight excluding hydrogens is 524 g/mol. The van der Waals surface area contributed by atoms with Crippen LogP contribution in [0.2, 0.25) is 0 Å². The molecule has 3 aromatic rings. The zero-order chi connectivity index (χ0) is 27.7. The number of rotatable bonds is 8. The summed E-state index contributed by atoms with van der Waals surface area (Å²) in [4.78, 5) is 44.8. The Balaban J connectivity index is 1.56. The molecule has 0 bridgehead atoms. The number of fused-ring (bicyclic) bond motifs is 1. The average Bonchev–Trinajstić information content (AvgIpc) is 2.94. The van der Waals surface area contributed by atoms with E-state index in [1.165, 1.54) is 45.2 Å². The number of carbonyl (C=O) groups excluding carboxylic acids is 1. The summed E-state index contributed by atoms with van der Waals surface area (Å²) < 4.78 is 16.5. The van der Waals surface area contributed by atoms with Gasteiger partial charge in [0.2, 0.25) is 5.75 Å². The summed E-state index contributed by atoms with van der Waals surface area (Å²) in [5.41, 5.74) is 2.76. The molecule has 2 N–H and O–H groups in total. The van der Waals surface area contributed by atoms with Crippen molar-refractivity contribution in [2.75, 3.05) is 26.6 Å². The largest absolute Gasteiger partial charge is 0.493 e. The van der Waals surface area contributed by atoms with Crippen LogP contribution >= 0.6 is 11.8 Å². The lowest BCUT2D eigenvalue weighted by Gasteiger charge is -2.33. The Bertz CT molecular complexity index is 1520. The highest BCUT2D eigenvalue weighted by Crippen LogP contribution is 2.47. The molecule has 0 unspecified atom stereocenters. The van der Waals surface area contributed by atoms with E-state index in [0.717, 1.165) is 11.3 Å². The lowest BCUT2D eigenvalue weighted by atomic mass is 9.76. The van der Waals surface area contributed by atoms with Crippen LogP contribution in [0.5, 0.6) is 17.2 Å². The van der Waals surface area contributed by atoms with Crippen molar-refractivity contribution in [3.8, 4) is 17.2 Å². The molecule has 1 aromatic heterocycles. The van der Waals surface area contributed by atoms with Gasteiger partial charge in [-0.3, -0.25) is 19.7 Å². The first-order chi connectivity index (χ1) is 18.8. The number of nitro benzene ring substituents is 1. The third-order valence-electron chi connectivity index (χ3n) is 6.78. The summed E-state index contributed by atoms with van der Waals surface area (Å²) in [5.74, 6) is 1.37. The number of methoxy groups -OCH3 is 3. The predicted molar refractivity (Wildman–Crippen MR) is 145 cm³/mol. The van der Waals surface area contributed by atoms with Gasteiger partial charge in [-0.2, -0.15) is 0 Å². The summed E-state index contributed by atoms with van der Waals surface area (Å²) >= 11 is 1.30. The standard InChI is InChI=1S/C27H26N4O7S/c1-36-19-11-15(12-20(37-2)24(19)38-3)21-22-17(5-4-6-18(22)32)28-25-23(21)26(33)30-27(29-25)39-13-14-7-9-16(10-8-14)31(34)35/h7-12,21H,4-6,13H2,1-3H3,(H2,28,29,30,33)/t21-/m0/s1. The van der Waals surface area contributed by atoms with Gasteiger partial charge in [-0.25, -0.2) is 4.98 Å². The Hall–Kier alpha value is -4.32. The van der Waals surface area contributed by atoms with Gasteiger partial charge in [0.1, 0.15) is 5.82 Å². The number of non-ortho nitro benzene ring substituents is 1. The molecule has 1 aliphatic heterocycles. The molecule has 0 saturated heterocycles. The minimum absolute atomic E-state index is 0.0113. The van der Waals surface area contributed by atoms with Crippen molar-refractivity contribution < 1.29 is 23.9 Å². The number of hydrogen-bond acceptors (Lipinski definition) is 10. The van der Waals surface area contributed by atoms with Gasteiger partial charge >= 0.3 is 0 Å². The number of Topliss-reactive ketones (excluding diaryl/α,β-unsaturated/α-hetero) is 1. The van der Waals surface area contributed by atoms with E-state index in [1.807, 2.05) is 0 Å². The van der Waals surface area contributed by atoms with E-state index in [2.05, 4.69) is 10.3 Å². The third kappa shape index (κ3) is 4.94. The maximum absolute atomic E-state index is 13.6. The molecule has 1 aliphatic carbocycles. The molecule has 39 heavy (non-hydrogen) atoms. The normalized spacial score (nSPS) is 16.2. The van der Waals surface area contributed by atoms with Crippen molar-refractivity contribution in [3.05, 3.63) is 84.8 Å². The van der Waals surface area contributed by atoms with Crippen molar-refractivity contribution >= 4 is 29.1 Å². The van der Waals surface area contributed by atoms with Gasteiger partial charge < -0.3 is 24.5 Å². The molecule has 0 spiro atoms.